The fraction of sp³-hybridized carbons (Fsp3) is 0.440. The van der Waals surface area contributed by atoms with E-state index in [9.17, 15) is 9.59 Å². The van der Waals surface area contributed by atoms with Crippen molar-refractivity contribution >= 4 is 35.0 Å². The van der Waals surface area contributed by atoms with Gasteiger partial charge in [-0.05, 0) is 49.9 Å². The fourth-order valence-corrected chi connectivity index (χ4v) is 3.98. The number of ether oxygens (including phenoxy) is 1. The van der Waals surface area contributed by atoms with E-state index in [1.807, 2.05) is 45.0 Å². The fourth-order valence-electron chi connectivity index (χ4n) is 3.47. The lowest BCUT2D eigenvalue weighted by atomic mass is 10.0. The highest BCUT2D eigenvalue weighted by atomic mass is 35.5. The molecule has 0 bridgehead atoms. The van der Waals surface area contributed by atoms with Crippen molar-refractivity contribution < 1.29 is 14.3 Å². The van der Waals surface area contributed by atoms with Gasteiger partial charge in [0.2, 0.25) is 5.91 Å². The molecule has 0 saturated heterocycles. The molecule has 1 N–H and O–H groups in total. The lowest BCUT2D eigenvalue weighted by Crippen LogP contribution is -2.51. The number of amides is 2. The van der Waals surface area contributed by atoms with Crippen molar-refractivity contribution in [1.82, 2.24) is 10.2 Å². The largest absolute Gasteiger partial charge is 0.483 e. The summed E-state index contributed by atoms with van der Waals surface area (Å²) in [7, 11) is 0. The molecule has 0 heterocycles. The maximum absolute atomic E-state index is 13.4. The van der Waals surface area contributed by atoms with Crippen LogP contribution in [0.25, 0.3) is 0 Å². The lowest BCUT2D eigenvalue weighted by molar-refractivity contribution is -0.143. The molecule has 5 nitrogen and oxygen atoms in total. The van der Waals surface area contributed by atoms with Crippen LogP contribution in [-0.4, -0.2) is 35.4 Å². The first kappa shape index (κ1) is 26.0. The molecule has 0 aliphatic carbocycles. The van der Waals surface area contributed by atoms with Crippen molar-refractivity contribution in [3.63, 3.8) is 0 Å². The molecule has 0 radical (unpaired) electrons. The Labute approximate surface area is 201 Å². The Bertz CT molecular complexity index is 911. The molecule has 0 aliphatic rings. The molecule has 174 valence electrons. The van der Waals surface area contributed by atoms with E-state index in [0.29, 0.717) is 27.8 Å². The van der Waals surface area contributed by atoms with Gasteiger partial charge in [-0.25, -0.2) is 0 Å². The Morgan fingerprint density at radius 2 is 1.62 bits per heavy atom. The molecule has 2 amide bonds. The third kappa shape index (κ3) is 6.88. The minimum absolute atomic E-state index is 0.0495. The summed E-state index contributed by atoms with van der Waals surface area (Å²) in [6.07, 6.45) is 0.439. The van der Waals surface area contributed by atoms with Crippen LogP contribution in [0.15, 0.2) is 42.5 Å². The number of nitrogens with one attached hydrogen (secondary N) is 1. The number of halogens is 2. The molecule has 2 rings (SSSR count). The first-order chi connectivity index (χ1) is 15.1. The molecule has 0 unspecified atom stereocenters. The number of hydrogen-bond acceptors (Lipinski definition) is 3. The molecule has 32 heavy (non-hydrogen) atoms. The molecule has 0 aliphatic heterocycles. The summed E-state index contributed by atoms with van der Waals surface area (Å²) in [4.78, 5) is 27.7. The second-order valence-electron chi connectivity index (χ2n) is 8.29. The van der Waals surface area contributed by atoms with Crippen LogP contribution in [0.4, 0.5) is 0 Å². The van der Waals surface area contributed by atoms with E-state index in [1.165, 1.54) is 4.90 Å². The molecule has 7 heteroatoms. The number of benzene rings is 2. The van der Waals surface area contributed by atoms with Crippen molar-refractivity contribution in [2.75, 3.05) is 6.61 Å². The maximum atomic E-state index is 13.4. The molecule has 1 atom stereocenters. The van der Waals surface area contributed by atoms with E-state index in [0.717, 1.165) is 5.56 Å². The maximum Gasteiger partial charge on any atom is 0.261 e. The predicted octanol–water partition coefficient (Wildman–Crippen LogP) is 5.83. The van der Waals surface area contributed by atoms with Gasteiger partial charge >= 0.3 is 0 Å². The summed E-state index contributed by atoms with van der Waals surface area (Å²) in [6, 6.07) is 12.1. The van der Waals surface area contributed by atoms with Crippen molar-refractivity contribution in [3.8, 4) is 5.75 Å². The topological polar surface area (TPSA) is 58.6 Å². The minimum Gasteiger partial charge on any atom is -0.483 e. The smallest absolute Gasteiger partial charge is 0.261 e. The highest BCUT2D eigenvalue weighted by Gasteiger charge is 2.30. The van der Waals surface area contributed by atoms with Crippen molar-refractivity contribution in [2.45, 2.75) is 65.6 Å². The summed E-state index contributed by atoms with van der Waals surface area (Å²) in [5, 5.41) is 3.79. The van der Waals surface area contributed by atoms with Crippen molar-refractivity contribution in [1.29, 1.82) is 0 Å². The van der Waals surface area contributed by atoms with Gasteiger partial charge in [-0.2, -0.15) is 0 Å². The molecule has 0 fully saturated rings. The number of carbonyl (C=O) groups excluding carboxylic acids is 2. The van der Waals surface area contributed by atoms with E-state index >= 15 is 0 Å². The molecular formula is C25H32Cl2N2O3. The number of nitrogens with zero attached hydrogens (tertiary/aromatic N) is 1. The van der Waals surface area contributed by atoms with Gasteiger partial charge in [0.05, 0.1) is 0 Å². The normalized spacial score (nSPS) is 12.0. The van der Waals surface area contributed by atoms with E-state index in [2.05, 4.69) is 19.2 Å². The van der Waals surface area contributed by atoms with Crippen LogP contribution in [0, 0.1) is 0 Å². The predicted molar refractivity (Wildman–Crippen MR) is 130 cm³/mol. The van der Waals surface area contributed by atoms with Crippen LogP contribution in [0.3, 0.4) is 0 Å². The Morgan fingerprint density at radius 1 is 1.00 bits per heavy atom. The summed E-state index contributed by atoms with van der Waals surface area (Å²) in [5.74, 6) is 0.373. The van der Waals surface area contributed by atoms with Crippen molar-refractivity contribution in [2.24, 2.45) is 0 Å². The van der Waals surface area contributed by atoms with Crippen LogP contribution in [-0.2, 0) is 16.1 Å². The van der Waals surface area contributed by atoms with Gasteiger partial charge < -0.3 is 15.0 Å². The summed E-state index contributed by atoms with van der Waals surface area (Å²) < 4.78 is 5.91. The molecular weight excluding hydrogens is 447 g/mol. The van der Waals surface area contributed by atoms with Gasteiger partial charge in [0.25, 0.3) is 5.91 Å². The second-order valence-corrected chi connectivity index (χ2v) is 9.10. The van der Waals surface area contributed by atoms with Crippen molar-refractivity contribution in [3.05, 3.63) is 63.6 Å². The highest BCUT2D eigenvalue weighted by Crippen LogP contribution is 2.28. The highest BCUT2D eigenvalue weighted by molar-refractivity contribution is 6.36. The average molecular weight is 479 g/mol. The van der Waals surface area contributed by atoms with Crippen LogP contribution < -0.4 is 10.1 Å². The quantitative estimate of drug-likeness (QED) is 0.467. The van der Waals surface area contributed by atoms with E-state index in [1.54, 1.807) is 18.2 Å². The van der Waals surface area contributed by atoms with Gasteiger partial charge in [0.1, 0.15) is 11.8 Å². The van der Waals surface area contributed by atoms with Crippen LogP contribution in [0.1, 0.15) is 58.1 Å². The number of hydrogen-bond donors (Lipinski definition) is 1. The summed E-state index contributed by atoms with van der Waals surface area (Å²) in [5.41, 5.74) is 1.62. The standard InChI is InChI=1S/C25H32Cl2N2O3/c1-6-22(25(31)28-17(4)5)29(14-19-20(26)11-9-12-21(19)27)24(30)15-32-23-13-8-7-10-18(23)16(2)3/h7-13,16-17,22H,6,14-15H2,1-5H3,(H,28,31)/t22-/m1/s1. The molecule has 0 saturated carbocycles. The van der Waals surface area contributed by atoms with Crippen LogP contribution in [0.5, 0.6) is 5.75 Å². The van der Waals surface area contributed by atoms with E-state index in [-0.39, 0.29) is 36.9 Å². The lowest BCUT2D eigenvalue weighted by Gasteiger charge is -2.31. The third-order valence-electron chi connectivity index (χ3n) is 5.10. The Balaban J connectivity index is 2.32. The SMILES string of the molecule is CC[C@H](C(=O)NC(C)C)N(Cc1c(Cl)cccc1Cl)C(=O)COc1ccccc1C(C)C. The Morgan fingerprint density at radius 3 is 2.19 bits per heavy atom. The van der Waals surface area contributed by atoms with E-state index in [4.69, 9.17) is 27.9 Å². The third-order valence-corrected chi connectivity index (χ3v) is 5.81. The van der Waals surface area contributed by atoms with Gasteiger partial charge in [-0.1, -0.05) is 68.2 Å². The minimum atomic E-state index is -0.679. The first-order valence-electron chi connectivity index (χ1n) is 10.9. The Kier molecular flexibility index (Phi) is 9.85. The van der Waals surface area contributed by atoms with Gasteiger partial charge in [0.15, 0.2) is 6.61 Å². The summed E-state index contributed by atoms with van der Waals surface area (Å²) in [6.45, 7) is 9.68. The van der Waals surface area contributed by atoms with E-state index < -0.39 is 6.04 Å². The molecule has 2 aromatic carbocycles. The second kappa shape index (κ2) is 12.1. The van der Waals surface area contributed by atoms with Gasteiger partial charge in [-0.3, -0.25) is 9.59 Å². The zero-order chi connectivity index (χ0) is 23.8. The summed E-state index contributed by atoms with van der Waals surface area (Å²) >= 11 is 12.7. The van der Waals surface area contributed by atoms with Crippen LogP contribution in [0.2, 0.25) is 10.0 Å². The van der Waals surface area contributed by atoms with Crippen LogP contribution >= 0.6 is 23.2 Å². The number of para-hydroxylation sites is 1. The van der Waals surface area contributed by atoms with Gasteiger partial charge in [0, 0.05) is 28.2 Å². The molecule has 0 aromatic heterocycles. The molecule has 0 spiro atoms. The monoisotopic (exact) mass is 478 g/mol. The van der Waals surface area contributed by atoms with Gasteiger partial charge in [-0.15, -0.1) is 0 Å². The first-order valence-corrected chi connectivity index (χ1v) is 11.7. The molecule has 2 aromatic rings. The zero-order valence-corrected chi connectivity index (χ0v) is 20.8. The zero-order valence-electron chi connectivity index (χ0n) is 19.3. The number of carbonyl (C=O) groups is 2. The average Bonchev–Trinajstić information content (AvgIpc) is 2.73. The Hall–Kier alpha value is -2.24. The number of rotatable bonds is 10.